The minimum absolute atomic E-state index is 0.140. The molecule has 5 rings (SSSR count). The van der Waals surface area contributed by atoms with Crippen molar-refractivity contribution in [2.24, 2.45) is 4.99 Å². The number of carboxylic acids is 1. The lowest BCUT2D eigenvalue weighted by Crippen LogP contribution is -2.40. The Bertz CT molecular complexity index is 1990. The molecule has 1 atom stereocenters. The van der Waals surface area contributed by atoms with Gasteiger partial charge in [-0.3, -0.25) is 9.36 Å². The monoisotopic (exact) mass is 642 g/mol. The van der Waals surface area contributed by atoms with Crippen LogP contribution in [0.4, 0.5) is 0 Å². The van der Waals surface area contributed by atoms with Crippen LogP contribution in [0.15, 0.2) is 87.8 Å². The van der Waals surface area contributed by atoms with Gasteiger partial charge in [-0.2, -0.15) is 0 Å². The van der Waals surface area contributed by atoms with Crippen molar-refractivity contribution in [2.45, 2.75) is 39.3 Å². The van der Waals surface area contributed by atoms with Crippen LogP contribution in [0.5, 0.6) is 17.2 Å². The number of rotatable bonds is 12. The molecule has 1 aliphatic rings. The first-order valence-corrected chi connectivity index (χ1v) is 15.6. The first-order valence-electron chi connectivity index (χ1n) is 14.8. The molecule has 238 valence electrons. The quantitative estimate of drug-likeness (QED) is 0.217. The zero-order chi connectivity index (χ0) is 32.8. The number of allylic oxidation sites excluding steroid dienone is 1. The van der Waals surface area contributed by atoms with Gasteiger partial charge in [0.2, 0.25) is 0 Å². The molecule has 0 spiro atoms. The second-order valence-corrected chi connectivity index (χ2v) is 11.4. The molecule has 0 aliphatic carbocycles. The van der Waals surface area contributed by atoms with Crippen LogP contribution >= 0.6 is 11.3 Å². The van der Waals surface area contributed by atoms with Crippen LogP contribution in [0.2, 0.25) is 0 Å². The average molecular weight is 643 g/mol. The highest BCUT2D eigenvalue weighted by atomic mass is 32.1. The Kier molecular flexibility index (Phi) is 10.0. The maximum absolute atomic E-state index is 14.1. The molecule has 1 aliphatic heterocycles. The Morgan fingerprint density at radius 3 is 2.48 bits per heavy atom. The third-order valence-electron chi connectivity index (χ3n) is 7.38. The molecule has 0 saturated carbocycles. The van der Waals surface area contributed by atoms with Crippen molar-refractivity contribution in [1.29, 1.82) is 0 Å². The zero-order valence-corrected chi connectivity index (χ0v) is 26.8. The van der Waals surface area contributed by atoms with Crippen LogP contribution in [0, 0.1) is 0 Å². The molecular formula is C35H34N2O8S. The lowest BCUT2D eigenvalue weighted by Gasteiger charge is -2.26. The summed E-state index contributed by atoms with van der Waals surface area (Å²) >= 11 is 1.24. The molecule has 46 heavy (non-hydrogen) atoms. The van der Waals surface area contributed by atoms with Crippen molar-refractivity contribution < 1.29 is 33.6 Å². The summed E-state index contributed by atoms with van der Waals surface area (Å²) in [6.07, 6.45) is 3.03. The van der Waals surface area contributed by atoms with Gasteiger partial charge in [-0.05, 0) is 60.9 Å². The first-order chi connectivity index (χ1) is 22.3. The minimum Gasteiger partial charge on any atom is -0.496 e. The number of carbonyl (C=O) groups is 2. The van der Waals surface area contributed by atoms with E-state index in [0.29, 0.717) is 61.0 Å². The number of ether oxygens (including phenoxy) is 4. The Labute approximate surface area is 269 Å². The summed E-state index contributed by atoms with van der Waals surface area (Å²) in [6.45, 7) is 4.07. The lowest BCUT2D eigenvalue weighted by atomic mass is 9.93. The molecule has 0 amide bonds. The molecule has 0 radical (unpaired) electrons. The van der Waals surface area contributed by atoms with Gasteiger partial charge in [-0.15, -0.1) is 0 Å². The normalized spacial score (nSPS) is 14.3. The van der Waals surface area contributed by atoms with Crippen molar-refractivity contribution in [3.63, 3.8) is 0 Å². The van der Waals surface area contributed by atoms with E-state index in [0.717, 1.165) is 6.42 Å². The van der Waals surface area contributed by atoms with E-state index in [9.17, 15) is 19.5 Å². The number of hydrogen-bond donors (Lipinski definition) is 1. The molecular weight excluding hydrogens is 608 g/mol. The number of aromatic nitrogens is 1. The molecule has 2 heterocycles. The van der Waals surface area contributed by atoms with Crippen molar-refractivity contribution in [1.82, 2.24) is 4.57 Å². The summed E-state index contributed by atoms with van der Waals surface area (Å²) in [6, 6.07) is 18.3. The van der Waals surface area contributed by atoms with Crippen LogP contribution in [-0.4, -0.2) is 42.4 Å². The molecule has 0 bridgehead atoms. The highest BCUT2D eigenvalue weighted by molar-refractivity contribution is 7.07. The van der Waals surface area contributed by atoms with Gasteiger partial charge in [-0.25, -0.2) is 14.6 Å². The van der Waals surface area contributed by atoms with Crippen molar-refractivity contribution in [3.8, 4) is 17.2 Å². The van der Waals surface area contributed by atoms with E-state index in [1.165, 1.54) is 24.5 Å². The highest BCUT2D eigenvalue weighted by Crippen LogP contribution is 2.37. The topological polar surface area (TPSA) is 126 Å². The predicted molar refractivity (Wildman–Crippen MR) is 173 cm³/mol. The number of nitrogens with zero attached hydrogens (tertiary/aromatic N) is 2. The molecule has 0 fully saturated rings. The van der Waals surface area contributed by atoms with Gasteiger partial charge in [-0.1, -0.05) is 61.1 Å². The van der Waals surface area contributed by atoms with E-state index in [1.807, 2.05) is 25.1 Å². The average Bonchev–Trinajstić information content (AvgIpc) is 3.37. The molecule has 0 unspecified atom stereocenters. The van der Waals surface area contributed by atoms with E-state index in [2.05, 4.69) is 0 Å². The van der Waals surface area contributed by atoms with Crippen LogP contribution in [-0.2, 0) is 16.1 Å². The Hall–Kier alpha value is -5.16. The fraction of sp³-hybridized carbons (Fsp3) is 0.257. The molecule has 10 nitrogen and oxygen atoms in total. The van der Waals surface area contributed by atoms with Gasteiger partial charge >= 0.3 is 11.9 Å². The molecule has 3 aromatic carbocycles. The number of thiazole rings is 1. The van der Waals surface area contributed by atoms with Crippen LogP contribution in [0.25, 0.3) is 6.08 Å². The summed E-state index contributed by atoms with van der Waals surface area (Å²) in [5.41, 5.74) is 2.81. The first kappa shape index (κ1) is 32.2. The predicted octanol–water partition coefficient (Wildman–Crippen LogP) is 4.87. The van der Waals surface area contributed by atoms with Gasteiger partial charge in [0.1, 0.15) is 18.4 Å². The van der Waals surface area contributed by atoms with Crippen molar-refractivity contribution in [2.75, 3.05) is 20.8 Å². The second-order valence-electron chi connectivity index (χ2n) is 10.4. The number of hydrogen-bond acceptors (Lipinski definition) is 9. The van der Waals surface area contributed by atoms with Gasteiger partial charge in [0.05, 0.1) is 42.2 Å². The highest BCUT2D eigenvalue weighted by Gasteiger charge is 2.35. The summed E-state index contributed by atoms with van der Waals surface area (Å²) in [7, 11) is 3.07. The Balaban J connectivity index is 1.57. The largest absolute Gasteiger partial charge is 0.496 e. The molecule has 1 N–H and O–H groups in total. The van der Waals surface area contributed by atoms with Crippen molar-refractivity contribution in [3.05, 3.63) is 120 Å². The number of aromatic carboxylic acids is 1. The van der Waals surface area contributed by atoms with Crippen molar-refractivity contribution >= 4 is 29.4 Å². The van der Waals surface area contributed by atoms with E-state index in [4.69, 9.17) is 23.9 Å². The Morgan fingerprint density at radius 2 is 1.76 bits per heavy atom. The minimum atomic E-state index is -1.01. The third-order valence-corrected chi connectivity index (χ3v) is 8.36. The number of esters is 1. The van der Waals surface area contributed by atoms with Gasteiger partial charge < -0.3 is 24.1 Å². The lowest BCUT2D eigenvalue weighted by molar-refractivity contribution is -0.139. The number of carboxylic acid groups (broad SMARTS) is 1. The summed E-state index contributed by atoms with van der Waals surface area (Å²) in [5.74, 6) is -0.0903. The fourth-order valence-corrected chi connectivity index (χ4v) is 6.33. The summed E-state index contributed by atoms with van der Waals surface area (Å²) < 4.78 is 24.6. The SMILES string of the molecule is CCCC1=C(C(=O)OCC)[C@H](c2ccccc2OC)n2c(s/c(=C\c3ccc(OCc4cccc(C(=O)O)c4)c(OC)c3)c2=O)=N1. The third kappa shape index (κ3) is 6.59. The summed E-state index contributed by atoms with van der Waals surface area (Å²) in [4.78, 5) is 44.1. The molecule has 1 aromatic heterocycles. The van der Waals surface area contributed by atoms with Gasteiger partial charge in [0.25, 0.3) is 5.56 Å². The number of fused-ring (bicyclic) bond motifs is 1. The van der Waals surface area contributed by atoms with Crippen LogP contribution in [0.1, 0.15) is 59.8 Å². The van der Waals surface area contributed by atoms with Crippen LogP contribution < -0.4 is 29.1 Å². The van der Waals surface area contributed by atoms with E-state index in [-0.39, 0.29) is 24.3 Å². The van der Waals surface area contributed by atoms with Crippen LogP contribution in [0.3, 0.4) is 0 Å². The van der Waals surface area contributed by atoms with E-state index < -0.39 is 18.0 Å². The number of methoxy groups -OCH3 is 2. The summed E-state index contributed by atoms with van der Waals surface area (Å²) in [5, 5.41) is 9.27. The second kappa shape index (κ2) is 14.3. The maximum atomic E-state index is 14.1. The van der Waals surface area contributed by atoms with E-state index >= 15 is 0 Å². The molecule has 0 saturated heterocycles. The van der Waals surface area contributed by atoms with Gasteiger partial charge in [0.15, 0.2) is 16.3 Å². The number of carbonyl (C=O) groups excluding carboxylic acids is 1. The smallest absolute Gasteiger partial charge is 0.338 e. The van der Waals surface area contributed by atoms with Gasteiger partial charge in [0, 0.05) is 5.56 Å². The van der Waals surface area contributed by atoms with E-state index in [1.54, 1.807) is 67.1 Å². The number of benzene rings is 3. The standard InChI is InChI=1S/C35H34N2O8S/c1-5-10-25-30(34(41)44-6-2)31(24-13-7-8-14-26(24)42-3)37-32(38)29(46-35(37)36-25)19-21-15-16-27(28(18-21)43-4)45-20-22-11-9-12-23(17-22)33(39)40/h7-9,11-19,31H,5-6,10,20H2,1-4H3,(H,39,40)/b29-19-/t31-/m0/s1. The fourth-order valence-electron chi connectivity index (χ4n) is 5.31. The number of para-hydroxylation sites is 1. The zero-order valence-electron chi connectivity index (χ0n) is 25.9. The maximum Gasteiger partial charge on any atom is 0.338 e. The Morgan fingerprint density at radius 1 is 0.978 bits per heavy atom. The molecule has 4 aromatic rings. The molecule has 11 heteroatoms.